The number of rotatable bonds is 2. The zero-order valence-corrected chi connectivity index (χ0v) is 12.2. The van der Waals surface area contributed by atoms with Crippen LogP contribution in [0.25, 0.3) is 0 Å². The highest BCUT2D eigenvalue weighted by molar-refractivity contribution is 7.85. The van der Waals surface area contributed by atoms with E-state index in [0.29, 0.717) is 44.2 Å². The lowest BCUT2D eigenvalue weighted by Gasteiger charge is -2.35. The fourth-order valence-corrected chi connectivity index (χ4v) is 3.52. The van der Waals surface area contributed by atoms with Gasteiger partial charge >= 0.3 is 0 Å². The Morgan fingerprint density at radius 1 is 0.947 bits per heavy atom. The second-order valence-electron chi connectivity index (χ2n) is 5.01. The van der Waals surface area contributed by atoms with E-state index in [1.54, 1.807) is 11.8 Å². The number of hydrogen-bond acceptors (Lipinski definition) is 4. The van der Waals surface area contributed by atoms with E-state index < -0.39 is 10.8 Å². The van der Waals surface area contributed by atoms with Crippen LogP contribution in [0.15, 0.2) is 0 Å². The minimum atomic E-state index is -0.701. The van der Waals surface area contributed by atoms with Crippen LogP contribution in [-0.2, 0) is 20.4 Å². The van der Waals surface area contributed by atoms with Crippen LogP contribution < -0.4 is 0 Å². The number of amides is 2. The molecule has 108 valence electrons. The van der Waals surface area contributed by atoms with E-state index in [1.807, 2.05) is 4.90 Å². The van der Waals surface area contributed by atoms with Gasteiger partial charge in [-0.05, 0) is 0 Å². The summed E-state index contributed by atoms with van der Waals surface area (Å²) in [7, 11) is -0.701. The normalized spacial score (nSPS) is 22.6. The summed E-state index contributed by atoms with van der Waals surface area (Å²) in [5, 5.41) is 0. The summed E-state index contributed by atoms with van der Waals surface area (Å²) in [6.45, 7) is 5.96. The lowest BCUT2D eigenvalue weighted by molar-refractivity contribution is -0.139. The zero-order valence-electron chi connectivity index (χ0n) is 11.3. The first-order valence-electron chi connectivity index (χ1n) is 6.67. The number of hydrogen-bond donors (Lipinski definition) is 0. The second kappa shape index (κ2) is 6.47. The maximum Gasteiger partial charge on any atom is 0.236 e. The summed E-state index contributed by atoms with van der Waals surface area (Å²) in [6, 6.07) is 0. The average Bonchev–Trinajstić information content (AvgIpc) is 2.41. The van der Waals surface area contributed by atoms with Crippen molar-refractivity contribution in [1.82, 2.24) is 14.7 Å². The highest BCUT2D eigenvalue weighted by Crippen LogP contribution is 2.05. The van der Waals surface area contributed by atoms with Gasteiger partial charge in [-0.15, -0.1) is 0 Å². The van der Waals surface area contributed by atoms with Gasteiger partial charge < -0.3 is 9.80 Å². The molecular formula is C12H21N3O3S. The molecule has 0 N–H and O–H groups in total. The van der Waals surface area contributed by atoms with E-state index in [1.165, 1.54) is 0 Å². The highest BCUT2D eigenvalue weighted by atomic mass is 32.2. The van der Waals surface area contributed by atoms with E-state index in [0.717, 1.165) is 13.1 Å². The Balaban J connectivity index is 1.75. The Morgan fingerprint density at radius 3 is 2.00 bits per heavy atom. The van der Waals surface area contributed by atoms with Crippen molar-refractivity contribution in [1.29, 1.82) is 0 Å². The molecule has 7 heteroatoms. The fourth-order valence-electron chi connectivity index (χ4n) is 2.40. The minimum Gasteiger partial charge on any atom is -0.339 e. The molecule has 0 aromatic rings. The van der Waals surface area contributed by atoms with Crippen molar-refractivity contribution >= 4 is 22.6 Å². The maximum atomic E-state index is 12.1. The van der Waals surface area contributed by atoms with Crippen LogP contribution in [0.2, 0.25) is 0 Å². The van der Waals surface area contributed by atoms with Crippen LogP contribution in [-0.4, -0.2) is 88.0 Å². The third-order valence-electron chi connectivity index (χ3n) is 3.71. The first-order chi connectivity index (χ1) is 9.06. The molecule has 2 amide bonds. The van der Waals surface area contributed by atoms with Crippen molar-refractivity contribution in [2.45, 2.75) is 6.92 Å². The third-order valence-corrected chi connectivity index (χ3v) is 4.98. The number of carbonyl (C=O) groups is 2. The van der Waals surface area contributed by atoms with E-state index in [9.17, 15) is 13.8 Å². The molecule has 0 spiro atoms. The number of carbonyl (C=O) groups excluding carboxylic acids is 2. The van der Waals surface area contributed by atoms with Crippen LogP contribution >= 0.6 is 0 Å². The van der Waals surface area contributed by atoms with Crippen molar-refractivity contribution in [3.05, 3.63) is 0 Å². The van der Waals surface area contributed by atoms with Crippen molar-refractivity contribution in [2.75, 3.05) is 57.3 Å². The van der Waals surface area contributed by atoms with Crippen LogP contribution in [0.1, 0.15) is 6.92 Å². The molecular weight excluding hydrogens is 266 g/mol. The lowest BCUT2D eigenvalue weighted by Crippen LogP contribution is -2.53. The van der Waals surface area contributed by atoms with Gasteiger partial charge in [0.2, 0.25) is 11.8 Å². The molecule has 2 fully saturated rings. The predicted octanol–water partition coefficient (Wildman–Crippen LogP) is -1.26. The van der Waals surface area contributed by atoms with Gasteiger partial charge in [-0.25, -0.2) is 0 Å². The highest BCUT2D eigenvalue weighted by Gasteiger charge is 2.24. The first-order valence-corrected chi connectivity index (χ1v) is 8.15. The number of nitrogens with zero attached hydrogens (tertiary/aromatic N) is 3. The molecule has 0 unspecified atom stereocenters. The lowest BCUT2D eigenvalue weighted by atomic mass is 10.3. The van der Waals surface area contributed by atoms with Gasteiger partial charge in [-0.3, -0.25) is 18.7 Å². The van der Waals surface area contributed by atoms with Crippen LogP contribution in [0.5, 0.6) is 0 Å². The van der Waals surface area contributed by atoms with E-state index >= 15 is 0 Å². The Hall–Kier alpha value is -0.950. The van der Waals surface area contributed by atoms with E-state index in [4.69, 9.17) is 0 Å². The van der Waals surface area contributed by atoms with Crippen LogP contribution in [0, 0.1) is 0 Å². The molecule has 0 aromatic carbocycles. The molecule has 2 rings (SSSR count). The molecule has 2 aliphatic heterocycles. The van der Waals surface area contributed by atoms with Gasteiger partial charge in [0.05, 0.1) is 6.54 Å². The molecule has 0 radical (unpaired) electrons. The van der Waals surface area contributed by atoms with Gasteiger partial charge in [-0.1, -0.05) is 0 Å². The van der Waals surface area contributed by atoms with E-state index in [-0.39, 0.29) is 11.8 Å². The molecule has 2 aliphatic rings. The smallest absolute Gasteiger partial charge is 0.236 e. The Kier molecular flexibility index (Phi) is 4.93. The van der Waals surface area contributed by atoms with E-state index in [2.05, 4.69) is 4.90 Å². The zero-order chi connectivity index (χ0) is 13.8. The summed E-state index contributed by atoms with van der Waals surface area (Å²) >= 11 is 0. The van der Waals surface area contributed by atoms with Gasteiger partial charge in [0.15, 0.2) is 0 Å². The molecule has 6 nitrogen and oxygen atoms in total. The average molecular weight is 287 g/mol. The SMILES string of the molecule is CC(=O)N1CCN(C(=O)CN2CCS(=O)CC2)CC1. The van der Waals surface area contributed by atoms with Crippen molar-refractivity contribution in [3.8, 4) is 0 Å². The molecule has 19 heavy (non-hydrogen) atoms. The van der Waals surface area contributed by atoms with Crippen molar-refractivity contribution < 1.29 is 13.8 Å². The Morgan fingerprint density at radius 2 is 1.47 bits per heavy atom. The molecule has 0 aliphatic carbocycles. The molecule has 2 heterocycles. The van der Waals surface area contributed by atoms with Crippen LogP contribution in [0.3, 0.4) is 0 Å². The Bertz CT molecular complexity index is 370. The summed E-state index contributed by atoms with van der Waals surface area (Å²) in [4.78, 5) is 29.0. The minimum absolute atomic E-state index is 0.0746. The largest absolute Gasteiger partial charge is 0.339 e. The monoisotopic (exact) mass is 287 g/mol. The quantitative estimate of drug-likeness (QED) is 0.636. The molecule has 2 saturated heterocycles. The Labute approximate surface area is 116 Å². The first kappa shape index (κ1) is 14.5. The fraction of sp³-hybridized carbons (Fsp3) is 0.833. The van der Waals surface area contributed by atoms with Crippen LogP contribution in [0.4, 0.5) is 0 Å². The van der Waals surface area contributed by atoms with Gasteiger partial charge in [0.25, 0.3) is 0 Å². The summed E-state index contributed by atoms with van der Waals surface area (Å²) in [5.41, 5.74) is 0. The summed E-state index contributed by atoms with van der Waals surface area (Å²) < 4.78 is 11.2. The molecule has 0 bridgehead atoms. The molecule has 0 saturated carbocycles. The maximum absolute atomic E-state index is 12.1. The van der Waals surface area contributed by atoms with Gasteiger partial charge in [-0.2, -0.15) is 0 Å². The number of piperazine rings is 1. The predicted molar refractivity (Wildman–Crippen MR) is 73.2 cm³/mol. The standard InChI is InChI=1S/C12H21N3O3S/c1-11(16)14-2-4-15(5-3-14)12(17)10-13-6-8-19(18)9-7-13/h2-10H2,1H3. The van der Waals surface area contributed by atoms with Gasteiger partial charge in [0, 0.05) is 68.5 Å². The second-order valence-corrected chi connectivity index (χ2v) is 6.71. The summed E-state index contributed by atoms with van der Waals surface area (Å²) in [6.07, 6.45) is 0. The molecule has 0 atom stereocenters. The third kappa shape index (κ3) is 4.01. The molecule has 0 aromatic heterocycles. The summed E-state index contributed by atoms with van der Waals surface area (Å²) in [5.74, 6) is 1.54. The topological polar surface area (TPSA) is 60.9 Å². The van der Waals surface area contributed by atoms with Crippen molar-refractivity contribution in [3.63, 3.8) is 0 Å². The van der Waals surface area contributed by atoms with Gasteiger partial charge in [0.1, 0.15) is 0 Å². The van der Waals surface area contributed by atoms with Crippen molar-refractivity contribution in [2.24, 2.45) is 0 Å².